The zero-order valence-corrected chi connectivity index (χ0v) is 38.7. The lowest BCUT2D eigenvalue weighted by atomic mass is 9.98. The van der Waals surface area contributed by atoms with E-state index in [0.29, 0.717) is 44.4 Å². The van der Waals surface area contributed by atoms with Crippen LogP contribution < -0.4 is 4.74 Å². The Bertz CT molecular complexity index is 3290. The number of esters is 2. The van der Waals surface area contributed by atoms with Crippen LogP contribution in [0.1, 0.15) is 45.2 Å². The van der Waals surface area contributed by atoms with Gasteiger partial charge in [-0.15, -0.1) is 0 Å². The summed E-state index contributed by atoms with van der Waals surface area (Å²) in [6.45, 7) is 0.789. The summed E-state index contributed by atoms with van der Waals surface area (Å²) in [6.07, 6.45) is 0.0621. The van der Waals surface area contributed by atoms with E-state index < -0.39 is 66.1 Å². The number of methoxy groups -OCH3 is 3. The fourth-order valence-electron chi connectivity index (χ4n) is 8.09. The molecule has 18 nitrogen and oxygen atoms in total. The topological polar surface area (TPSA) is 217 Å². The Hall–Kier alpha value is -6.61. The molecule has 0 aliphatic rings. The Labute approximate surface area is 379 Å². The van der Waals surface area contributed by atoms with Gasteiger partial charge in [-0.2, -0.15) is 14.5 Å². The molecule has 65 heavy (non-hydrogen) atoms. The second-order valence-electron chi connectivity index (χ2n) is 15.2. The number of halogens is 1. The monoisotopic (exact) mass is 945 g/mol. The van der Waals surface area contributed by atoms with Crippen LogP contribution in [0.25, 0.3) is 32.8 Å². The minimum atomic E-state index is -4.76. The van der Waals surface area contributed by atoms with Crippen LogP contribution in [0, 0.1) is 17.0 Å². The predicted molar refractivity (Wildman–Crippen MR) is 241 cm³/mol. The number of sulfonamides is 1. The summed E-state index contributed by atoms with van der Waals surface area (Å²) < 4.78 is 78.6. The largest absolute Gasteiger partial charge is 0.496 e. The van der Waals surface area contributed by atoms with E-state index in [4.69, 9.17) is 30.9 Å². The summed E-state index contributed by atoms with van der Waals surface area (Å²) in [5, 5.41) is 23.7. The van der Waals surface area contributed by atoms with Crippen molar-refractivity contribution in [2.24, 2.45) is 21.1 Å². The summed E-state index contributed by atoms with van der Waals surface area (Å²) in [6, 6.07) is 19.9. The quantitative estimate of drug-likeness (QED) is 0.0567. The predicted octanol–water partition coefficient (Wildman–Crippen LogP) is 6.60. The fraction of sp³-hybridized carbons (Fsp3) is 0.273. The third-order valence-corrected chi connectivity index (χ3v) is 15.1. The molecule has 0 aliphatic heterocycles. The van der Waals surface area contributed by atoms with E-state index in [1.165, 1.54) is 62.0 Å². The zero-order chi connectivity index (χ0) is 47.1. The van der Waals surface area contributed by atoms with Crippen molar-refractivity contribution >= 4 is 70.8 Å². The number of aromatic nitrogens is 5. The van der Waals surface area contributed by atoms with Crippen LogP contribution in [0.5, 0.6) is 5.75 Å². The average Bonchev–Trinajstić information content (AvgIpc) is 3.88. The van der Waals surface area contributed by atoms with E-state index in [1.54, 1.807) is 55.9 Å². The number of carbonyl (C=O) groups is 2. The van der Waals surface area contributed by atoms with E-state index in [2.05, 4.69) is 5.10 Å². The van der Waals surface area contributed by atoms with Gasteiger partial charge in [-0.1, -0.05) is 54.1 Å². The third-order valence-electron chi connectivity index (χ3n) is 11.3. The number of hydrogen-bond donors (Lipinski definition) is 0. The highest BCUT2D eigenvalue weighted by atomic mass is 35.5. The number of hydrogen-bond acceptors (Lipinski definition) is 13. The summed E-state index contributed by atoms with van der Waals surface area (Å²) in [5.41, 5.74) is 2.33. The molecule has 0 spiro atoms. The van der Waals surface area contributed by atoms with Gasteiger partial charge in [-0.05, 0) is 54.6 Å². The molecule has 0 aliphatic carbocycles. The first-order valence-corrected chi connectivity index (χ1v) is 23.3. The van der Waals surface area contributed by atoms with Crippen molar-refractivity contribution in [2.75, 3.05) is 21.3 Å². The molecule has 0 atom stereocenters. The Kier molecular flexibility index (Phi) is 12.9. The lowest BCUT2D eigenvalue weighted by Crippen LogP contribution is -2.31. The number of nitro benzene ring substituents is 1. The van der Waals surface area contributed by atoms with Gasteiger partial charge in [-0.25, -0.2) is 21.6 Å². The van der Waals surface area contributed by atoms with Gasteiger partial charge >= 0.3 is 11.9 Å². The number of aryl methyl sites for hydroxylation is 4. The molecule has 7 rings (SSSR count). The second-order valence-corrected chi connectivity index (χ2v) is 19.5. The van der Waals surface area contributed by atoms with Crippen LogP contribution in [-0.4, -0.2) is 83.5 Å². The smallest absolute Gasteiger partial charge is 0.354 e. The van der Waals surface area contributed by atoms with Crippen LogP contribution >= 0.6 is 11.6 Å². The van der Waals surface area contributed by atoms with Crippen LogP contribution in [0.4, 0.5) is 5.69 Å². The van der Waals surface area contributed by atoms with E-state index >= 15 is 0 Å². The van der Waals surface area contributed by atoms with Gasteiger partial charge in [0, 0.05) is 61.2 Å². The highest BCUT2D eigenvalue weighted by molar-refractivity contribution is 7.90. The third kappa shape index (κ3) is 8.68. The summed E-state index contributed by atoms with van der Waals surface area (Å²) in [7, 11) is -0.00935. The van der Waals surface area contributed by atoms with Crippen molar-refractivity contribution in [1.29, 1.82) is 0 Å². The van der Waals surface area contributed by atoms with Gasteiger partial charge in [0.1, 0.15) is 11.4 Å². The first kappa shape index (κ1) is 46.4. The maximum Gasteiger partial charge on any atom is 0.354 e. The Morgan fingerprint density at radius 1 is 0.846 bits per heavy atom. The summed E-state index contributed by atoms with van der Waals surface area (Å²) in [4.78, 5) is 36.5. The molecule has 0 fully saturated rings. The molecule has 3 aromatic heterocycles. The molecule has 7 aromatic rings. The van der Waals surface area contributed by atoms with E-state index in [0.717, 1.165) is 21.8 Å². The number of rotatable bonds is 16. The summed E-state index contributed by atoms with van der Waals surface area (Å²) >= 11 is 7.04. The van der Waals surface area contributed by atoms with Gasteiger partial charge in [0.15, 0.2) is 14.7 Å². The van der Waals surface area contributed by atoms with Gasteiger partial charge in [-0.3, -0.25) is 24.3 Å². The van der Waals surface area contributed by atoms with Crippen LogP contribution in [0.3, 0.4) is 0 Å². The van der Waals surface area contributed by atoms with Crippen molar-refractivity contribution < 1.29 is 45.6 Å². The van der Waals surface area contributed by atoms with Crippen molar-refractivity contribution in [2.45, 2.75) is 48.4 Å². The number of ether oxygens (including phenoxy) is 3. The average molecular weight is 946 g/mol. The molecule has 0 N–H and O–H groups in total. The lowest BCUT2D eigenvalue weighted by molar-refractivity contribution is -0.387. The molecule has 4 aromatic carbocycles. The normalized spacial score (nSPS) is 12.0. The molecular formula is C44H44ClN7O11S2. The molecule has 0 bridgehead atoms. The van der Waals surface area contributed by atoms with Crippen molar-refractivity contribution in [3.05, 3.63) is 128 Å². The van der Waals surface area contributed by atoms with Crippen molar-refractivity contribution in [3.63, 3.8) is 0 Å². The highest BCUT2D eigenvalue weighted by Gasteiger charge is 2.35. The van der Waals surface area contributed by atoms with E-state index in [-0.39, 0.29) is 45.5 Å². The molecule has 0 radical (unpaired) electrons. The van der Waals surface area contributed by atoms with Crippen LogP contribution in [0.2, 0.25) is 5.02 Å². The number of sulfone groups is 1. The second kappa shape index (κ2) is 18.1. The maximum atomic E-state index is 14.8. The first-order chi connectivity index (χ1) is 30.8. The maximum absolute atomic E-state index is 14.8. The molecule has 3 heterocycles. The Morgan fingerprint density at radius 3 is 2.25 bits per heavy atom. The first-order valence-electron chi connectivity index (χ1n) is 19.9. The highest BCUT2D eigenvalue weighted by Crippen LogP contribution is 2.43. The number of nitro groups is 1. The van der Waals surface area contributed by atoms with E-state index in [9.17, 15) is 36.5 Å². The number of carbonyl (C=O) groups excluding carboxylic acids is 2. The molecule has 340 valence electrons. The van der Waals surface area contributed by atoms with Crippen molar-refractivity contribution in [1.82, 2.24) is 28.4 Å². The minimum Gasteiger partial charge on any atom is -0.496 e. The van der Waals surface area contributed by atoms with E-state index in [1.807, 2.05) is 12.1 Å². The van der Waals surface area contributed by atoms with Crippen molar-refractivity contribution in [3.8, 4) is 16.9 Å². The Balaban J connectivity index is 1.35. The SMILES string of the molecule is COC(=O)CCc1c(C(=O)OC)n(C)c2c(-c3c(CN(Cc4cc(CS(=O)(=O)c5cc(OC)c6ccccc6c5)n(C)n4)S(=O)(=O)c4ccccc4[N+](=O)[O-])nn(C)c3C)c(Cl)ccc12. The zero-order valence-electron chi connectivity index (χ0n) is 36.4. The van der Waals surface area contributed by atoms with Gasteiger partial charge < -0.3 is 18.8 Å². The lowest BCUT2D eigenvalue weighted by Gasteiger charge is -2.21. The van der Waals surface area contributed by atoms with Gasteiger partial charge in [0.2, 0.25) is 0 Å². The fourth-order valence-corrected chi connectivity index (χ4v) is 11.3. The molecule has 0 saturated heterocycles. The number of para-hydroxylation sites is 1. The van der Waals surface area contributed by atoms with Gasteiger partial charge in [0.25, 0.3) is 15.7 Å². The molecule has 21 heteroatoms. The molecule has 0 unspecified atom stereocenters. The molecule has 0 amide bonds. The molecule has 0 saturated carbocycles. The summed E-state index contributed by atoms with van der Waals surface area (Å²) in [5.74, 6) is -1.30. The van der Waals surface area contributed by atoms with Crippen LogP contribution in [0.15, 0.2) is 88.7 Å². The number of benzene rings is 4. The standard InChI is InChI=1S/C44H44ClN7O11S2/c1-26-40(41-34(45)18-16-32-33(17-19-39(53)62-6)43(44(54)63-7)48(2)42(32)41)35(47-49(26)3)24-51(65(59,60)38-15-11-10-14-36(38)52(55)56)23-28-21-29(50(4)46-28)25-64(57,58)30-20-27-12-8-9-13-31(27)37(22-30)61-5/h8-16,18,20-22H,17,19,23-25H2,1-7H3. The van der Waals surface area contributed by atoms with Gasteiger partial charge in [0.05, 0.1) is 77.6 Å². The van der Waals surface area contributed by atoms with Crippen LogP contribution in [-0.2, 0) is 80.5 Å². The number of nitrogens with zero attached hydrogens (tertiary/aromatic N) is 7. The molecular weight excluding hydrogens is 902 g/mol. The number of fused-ring (bicyclic) bond motifs is 2. The minimum absolute atomic E-state index is 0.00985. The Morgan fingerprint density at radius 2 is 1.55 bits per heavy atom.